The summed E-state index contributed by atoms with van der Waals surface area (Å²) in [5.41, 5.74) is 1.08. The molecule has 0 bridgehead atoms. The lowest BCUT2D eigenvalue weighted by Crippen LogP contribution is -2.42. The molecule has 122 valence electrons. The van der Waals surface area contributed by atoms with E-state index >= 15 is 0 Å². The lowest BCUT2D eigenvalue weighted by molar-refractivity contribution is 0.462. The van der Waals surface area contributed by atoms with Crippen molar-refractivity contribution in [1.29, 1.82) is 0 Å². The number of rotatable bonds is 4. The maximum Gasteiger partial charge on any atom is 0.191 e. The molecule has 0 atom stereocenters. The van der Waals surface area contributed by atoms with E-state index in [-0.39, 0.29) is 24.0 Å². The first-order valence-electron chi connectivity index (χ1n) is 8.01. The number of aliphatic imine (C=N–C) groups is 1. The molecular weight excluding hydrogens is 389 g/mol. The SMILES string of the molecule is CN=C(NCc1ccn(C2CCCC2)n1)NC1CC=CC1.I. The number of guanidine groups is 1. The molecule has 0 aliphatic heterocycles. The van der Waals surface area contributed by atoms with Crippen LogP contribution in [0.3, 0.4) is 0 Å². The van der Waals surface area contributed by atoms with Crippen molar-refractivity contribution in [3.05, 3.63) is 30.1 Å². The molecule has 0 spiro atoms. The van der Waals surface area contributed by atoms with Crippen molar-refractivity contribution in [2.75, 3.05) is 7.05 Å². The van der Waals surface area contributed by atoms with Crippen molar-refractivity contribution in [2.24, 2.45) is 4.99 Å². The van der Waals surface area contributed by atoms with Crippen molar-refractivity contribution >= 4 is 29.9 Å². The number of halogens is 1. The fourth-order valence-electron chi connectivity index (χ4n) is 3.14. The molecule has 22 heavy (non-hydrogen) atoms. The average molecular weight is 415 g/mol. The molecule has 1 saturated carbocycles. The van der Waals surface area contributed by atoms with Gasteiger partial charge in [0.2, 0.25) is 0 Å². The van der Waals surface area contributed by atoms with Gasteiger partial charge in [0.15, 0.2) is 5.96 Å². The summed E-state index contributed by atoms with van der Waals surface area (Å²) in [5.74, 6) is 0.860. The van der Waals surface area contributed by atoms with Crippen LogP contribution in [0.25, 0.3) is 0 Å². The summed E-state index contributed by atoms with van der Waals surface area (Å²) in [5, 5.41) is 11.5. The van der Waals surface area contributed by atoms with Gasteiger partial charge >= 0.3 is 0 Å². The highest BCUT2D eigenvalue weighted by atomic mass is 127. The van der Waals surface area contributed by atoms with E-state index in [1.54, 1.807) is 0 Å². The molecule has 1 fully saturated rings. The van der Waals surface area contributed by atoms with Crippen LogP contribution in [-0.2, 0) is 6.54 Å². The molecule has 0 radical (unpaired) electrons. The lowest BCUT2D eigenvalue weighted by Gasteiger charge is -2.16. The number of hydrogen-bond donors (Lipinski definition) is 2. The van der Waals surface area contributed by atoms with Crippen LogP contribution in [0.1, 0.15) is 50.3 Å². The molecule has 2 aliphatic carbocycles. The van der Waals surface area contributed by atoms with Gasteiger partial charge in [-0.1, -0.05) is 25.0 Å². The smallest absolute Gasteiger partial charge is 0.191 e. The highest BCUT2D eigenvalue weighted by Crippen LogP contribution is 2.28. The van der Waals surface area contributed by atoms with Crippen molar-refractivity contribution < 1.29 is 0 Å². The Labute approximate surface area is 149 Å². The monoisotopic (exact) mass is 415 g/mol. The fourth-order valence-corrected chi connectivity index (χ4v) is 3.14. The van der Waals surface area contributed by atoms with Gasteiger partial charge < -0.3 is 10.6 Å². The molecule has 2 N–H and O–H groups in total. The number of nitrogens with zero attached hydrogens (tertiary/aromatic N) is 3. The second-order valence-corrected chi connectivity index (χ2v) is 5.94. The van der Waals surface area contributed by atoms with E-state index in [0.717, 1.165) is 31.0 Å². The first-order chi connectivity index (χ1) is 10.3. The molecule has 6 heteroatoms. The number of aromatic nitrogens is 2. The summed E-state index contributed by atoms with van der Waals surface area (Å²) in [7, 11) is 1.81. The minimum absolute atomic E-state index is 0. The van der Waals surface area contributed by atoms with Gasteiger partial charge in [-0.25, -0.2) is 0 Å². The van der Waals surface area contributed by atoms with Gasteiger partial charge in [0, 0.05) is 19.3 Å². The maximum atomic E-state index is 4.69. The molecule has 0 unspecified atom stereocenters. The summed E-state index contributed by atoms with van der Waals surface area (Å²) in [6.45, 7) is 0.722. The van der Waals surface area contributed by atoms with Crippen LogP contribution in [0.15, 0.2) is 29.4 Å². The molecule has 1 heterocycles. The predicted octanol–water partition coefficient (Wildman–Crippen LogP) is 3.00. The van der Waals surface area contributed by atoms with E-state index in [1.165, 1.54) is 25.7 Å². The van der Waals surface area contributed by atoms with Crippen molar-refractivity contribution in [1.82, 2.24) is 20.4 Å². The van der Waals surface area contributed by atoms with Gasteiger partial charge in [-0.2, -0.15) is 5.10 Å². The predicted molar refractivity (Wildman–Crippen MR) is 101 cm³/mol. The Morgan fingerprint density at radius 2 is 2.05 bits per heavy atom. The molecule has 0 saturated heterocycles. The second kappa shape index (κ2) is 8.55. The van der Waals surface area contributed by atoms with Crippen LogP contribution in [0.2, 0.25) is 0 Å². The molecule has 1 aromatic heterocycles. The Balaban J connectivity index is 0.00000176. The number of hydrogen-bond acceptors (Lipinski definition) is 2. The van der Waals surface area contributed by atoms with Crippen LogP contribution in [-0.4, -0.2) is 28.8 Å². The van der Waals surface area contributed by atoms with Crippen LogP contribution in [0, 0.1) is 0 Å². The van der Waals surface area contributed by atoms with Gasteiger partial charge in [0.25, 0.3) is 0 Å². The van der Waals surface area contributed by atoms with Gasteiger partial charge in [-0.05, 0) is 31.7 Å². The van der Waals surface area contributed by atoms with E-state index in [1.807, 2.05) is 7.05 Å². The highest BCUT2D eigenvalue weighted by molar-refractivity contribution is 14.0. The Kier molecular flexibility index (Phi) is 6.72. The zero-order valence-corrected chi connectivity index (χ0v) is 15.5. The van der Waals surface area contributed by atoms with E-state index in [4.69, 9.17) is 0 Å². The van der Waals surface area contributed by atoms with E-state index in [9.17, 15) is 0 Å². The third-order valence-corrected chi connectivity index (χ3v) is 4.37. The van der Waals surface area contributed by atoms with Gasteiger partial charge in [0.1, 0.15) is 0 Å². The summed E-state index contributed by atoms with van der Waals surface area (Å²) < 4.78 is 2.14. The van der Waals surface area contributed by atoms with Crippen LogP contribution in [0.4, 0.5) is 0 Å². The van der Waals surface area contributed by atoms with Crippen molar-refractivity contribution in [2.45, 2.75) is 57.2 Å². The third-order valence-electron chi connectivity index (χ3n) is 4.37. The van der Waals surface area contributed by atoms with Gasteiger partial charge in [0.05, 0.1) is 18.3 Å². The Bertz CT molecular complexity index is 508. The molecule has 5 nitrogen and oxygen atoms in total. The van der Waals surface area contributed by atoms with Gasteiger partial charge in [-0.3, -0.25) is 9.67 Å². The summed E-state index contributed by atoms with van der Waals surface area (Å²) in [6, 6.07) is 3.20. The molecule has 1 aromatic rings. The molecular formula is C16H26IN5. The molecule has 2 aliphatic rings. The Morgan fingerprint density at radius 1 is 1.32 bits per heavy atom. The van der Waals surface area contributed by atoms with Crippen LogP contribution >= 0.6 is 24.0 Å². The quantitative estimate of drug-likeness (QED) is 0.344. The lowest BCUT2D eigenvalue weighted by atomic mass is 10.2. The minimum Gasteiger partial charge on any atom is -0.353 e. The fraction of sp³-hybridized carbons (Fsp3) is 0.625. The molecule has 3 rings (SSSR count). The summed E-state index contributed by atoms with van der Waals surface area (Å²) in [6.07, 6.45) is 13.9. The first kappa shape index (κ1) is 17.3. The van der Waals surface area contributed by atoms with Crippen molar-refractivity contribution in [3.63, 3.8) is 0 Å². The average Bonchev–Trinajstić information content (AvgIpc) is 3.24. The van der Waals surface area contributed by atoms with Crippen LogP contribution in [0.5, 0.6) is 0 Å². The van der Waals surface area contributed by atoms with Gasteiger partial charge in [-0.15, -0.1) is 24.0 Å². The second-order valence-electron chi connectivity index (χ2n) is 5.94. The molecule has 0 aromatic carbocycles. The molecule has 0 amide bonds. The Morgan fingerprint density at radius 3 is 2.73 bits per heavy atom. The van der Waals surface area contributed by atoms with E-state index < -0.39 is 0 Å². The first-order valence-corrected chi connectivity index (χ1v) is 8.01. The highest BCUT2D eigenvalue weighted by Gasteiger charge is 2.17. The zero-order chi connectivity index (χ0) is 14.5. The normalized spacial score (nSPS) is 19.4. The topological polar surface area (TPSA) is 54.2 Å². The zero-order valence-electron chi connectivity index (χ0n) is 13.2. The largest absolute Gasteiger partial charge is 0.353 e. The summed E-state index contributed by atoms with van der Waals surface area (Å²) in [4.78, 5) is 4.28. The van der Waals surface area contributed by atoms with Crippen molar-refractivity contribution in [3.8, 4) is 0 Å². The minimum atomic E-state index is 0. The maximum absolute atomic E-state index is 4.69. The van der Waals surface area contributed by atoms with E-state index in [2.05, 4.69) is 49.8 Å². The van der Waals surface area contributed by atoms with E-state index in [0.29, 0.717) is 12.1 Å². The third kappa shape index (κ3) is 4.47. The van der Waals surface area contributed by atoms with Crippen LogP contribution < -0.4 is 10.6 Å². The summed E-state index contributed by atoms with van der Waals surface area (Å²) >= 11 is 0. The Hall–Kier alpha value is -1.05. The number of nitrogens with one attached hydrogen (secondary N) is 2. The standard InChI is InChI=1S/C16H25N5.HI/c1-17-16(19-13-6-2-3-7-13)18-12-14-10-11-21(20-14)15-8-4-5-9-15;/h2-3,10-11,13,15H,4-9,12H2,1H3,(H2,17,18,19);1H.